The van der Waals surface area contributed by atoms with Crippen LogP contribution in [0.15, 0.2) is 24.3 Å². The quantitative estimate of drug-likeness (QED) is 0.901. The summed E-state index contributed by atoms with van der Waals surface area (Å²) in [4.78, 5) is 5.91. The number of nitrogens with one attached hydrogen (secondary N) is 1. The van der Waals surface area contributed by atoms with Crippen LogP contribution in [0.3, 0.4) is 0 Å². The van der Waals surface area contributed by atoms with Gasteiger partial charge in [0.15, 0.2) is 0 Å². The molecule has 18 heavy (non-hydrogen) atoms. The van der Waals surface area contributed by atoms with Crippen LogP contribution in [-0.4, -0.2) is 4.98 Å². The lowest BCUT2D eigenvalue weighted by Gasteiger charge is -2.13. The first-order valence-electron chi connectivity index (χ1n) is 6.29. The lowest BCUT2D eigenvalue weighted by atomic mass is 10.1. The second kappa shape index (κ2) is 5.63. The third-order valence-corrected chi connectivity index (χ3v) is 3.95. The highest BCUT2D eigenvalue weighted by atomic mass is 32.1. The van der Waals surface area contributed by atoms with E-state index in [-0.39, 0.29) is 0 Å². The summed E-state index contributed by atoms with van der Waals surface area (Å²) < 4.78 is 0. The number of hydrogen-bond donors (Lipinski definition) is 1. The van der Waals surface area contributed by atoms with Crippen molar-refractivity contribution in [3.05, 3.63) is 51.0 Å². The van der Waals surface area contributed by atoms with E-state index in [9.17, 15) is 0 Å². The summed E-state index contributed by atoms with van der Waals surface area (Å²) in [5.41, 5.74) is 3.82. The van der Waals surface area contributed by atoms with Gasteiger partial charge in [0.2, 0.25) is 0 Å². The second-order valence-electron chi connectivity index (χ2n) is 4.77. The number of nitrogens with zero attached hydrogens (tertiary/aromatic N) is 1. The zero-order valence-electron chi connectivity index (χ0n) is 11.4. The fraction of sp³-hybridized carbons (Fsp3) is 0.400. The van der Waals surface area contributed by atoms with Gasteiger partial charge in [-0.15, -0.1) is 11.3 Å². The lowest BCUT2D eigenvalue weighted by Crippen LogP contribution is -2.19. The fourth-order valence-corrected chi connectivity index (χ4v) is 3.05. The van der Waals surface area contributed by atoms with E-state index in [0.717, 1.165) is 11.6 Å². The van der Waals surface area contributed by atoms with Crippen LogP contribution in [0.4, 0.5) is 0 Å². The highest BCUT2D eigenvalue weighted by Crippen LogP contribution is 2.22. The molecule has 1 N–H and O–H groups in total. The van der Waals surface area contributed by atoms with Gasteiger partial charge >= 0.3 is 0 Å². The van der Waals surface area contributed by atoms with Crippen molar-refractivity contribution in [1.82, 2.24) is 10.3 Å². The minimum absolute atomic E-state index is 0.301. The number of rotatable bonds is 4. The Hall–Kier alpha value is -1.19. The van der Waals surface area contributed by atoms with E-state index in [1.165, 1.54) is 21.7 Å². The minimum atomic E-state index is 0.301. The molecule has 0 fully saturated rings. The predicted molar refractivity (Wildman–Crippen MR) is 78.0 cm³/mol. The van der Waals surface area contributed by atoms with Crippen LogP contribution in [0.5, 0.6) is 0 Å². The van der Waals surface area contributed by atoms with Crippen molar-refractivity contribution in [3.63, 3.8) is 0 Å². The largest absolute Gasteiger partial charge is 0.305 e. The van der Waals surface area contributed by atoms with Gasteiger partial charge in [-0.1, -0.05) is 29.8 Å². The van der Waals surface area contributed by atoms with Gasteiger partial charge in [-0.25, -0.2) is 4.98 Å². The molecule has 1 aromatic heterocycles. The van der Waals surface area contributed by atoms with Gasteiger partial charge in [-0.05, 0) is 33.3 Å². The third kappa shape index (κ3) is 3.18. The van der Waals surface area contributed by atoms with E-state index in [4.69, 9.17) is 0 Å². The Morgan fingerprint density at radius 3 is 2.67 bits per heavy atom. The van der Waals surface area contributed by atoms with Crippen LogP contribution in [0.25, 0.3) is 0 Å². The van der Waals surface area contributed by atoms with Gasteiger partial charge in [0.25, 0.3) is 0 Å². The smallest absolute Gasteiger partial charge is 0.0900 e. The van der Waals surface area contributed by atoms with E-state index < -0.39 is 0 Å². The lowest BCUT2D eigenvalue weighted by molar-refractivity contribution is 0.561. The molecule has 0 saturated heterocycles. The number of aryl methyl sites for hydroxylation is 3. The third-order valence-electron chi connectivity index (χ3n) is 3.04. The van der Waals surface area contributed by atoms with Gasteiger partial charge in [-0.3, -0.25) is 0 Å². The van der Waals surface area contributed by atoms with Crippen molar-refractivity contribution in [2.45, 2.75) is 40.3 Å². The van der Waals surface area contributed by atoms with Crippen molar-refractivity contribution in [3.8, 4) is 0 Å². The first-order chi connectivity index (χ1) is 8.56. The Bertz CT molecular complexity index is 531. The van der Waals surface area contributed by atoms with Crippen LogP contribution in [0, 0.1) is 20.8 Å². The molecule has 0 aliphatic heterocycles. The van der Waals surface area contributed by atoms with E-state index in [0.29, 0.717) is 6.04 Å². The standard InChI is InChI=1S/C15H20N2S/c1-10-6-5-7-14(8-10)9-16-11(2)15-12(3)18-13(4)17-15/h5-8,11,16H,9H2,1-4H3. The zero-order chi connectivity index (χ0) is 13.1. The monoisotopic (exact) mass is 260 g/mol. The Morgan fingerprint density at radius 1 is 1.28 bits per heavy atom. The van der Waals surface area contributed by atoms with Crippen LogP contribution < -0.4 is 5.32 Å². The molecular weight excluding hydrogens is 240 g/mol. The molecular formula is C15H20N2S. The van der Waals surface area contributed by atoms with E-state index >= 15 is 0 Å². The molecule has 0 saturated carbocycles. The van der Waals surface area contributed by atoms with Crippen molar-refractivity contribution < 1.29 is 0 Å². The molecule has 0 spiro atoms. The molecule has 0 radical (unpaired) electrons. The molecule has 0 aliphatic rings. The molecule has 2 aromatic rings. The summed E-state index contributed by atoms with van der Waals surface area (Å²) in [6.07, 6.45) is 0. The average Bonchev–Trinajstić information content (AvgIpc) is 2.66. The van der Waals surface area contributed by atoms with Crippen molar-refractivity contribution >= 4 is 11.3 Å². The average molecular weight is 260 g/mol. The topological polar surface area (TPSA) is 24.9 Å². The second-order valence-corrected chi connectivity index (χ2v) is 6.17. The van der Waals surface area contributed by atoms with Crippen LogP contribution in [0.2, 0.25) is 0 Å². The number of thiazole rings is 1. The predicted octanol–water partition coefficient (Wildman–Crippen LogP) is 3.92. The first kappa shape index (κ1) is 13.2. The summed E-state index contributed by atoms with van der Waals surface area (Å²) in [6, 6.07) is 8.91. The van der Waals surface area contributed by atoms with Crippen molar-refractivity contribution in [2.75, 3.05) is 0 Å². The zero-order valence-corrected chi connectivity index (χ0v) is 12.3. The molecule has 2 rings (SSSR count). The van der Waals surface area contributed by atoms with Crippen molar-refractivity contribution in [2.24, 2.45) is 0 Å². The fourth-order valence-electron chi connectivity index (χ4n) is 2.14. The Balaban J connectivity index is 2.00. The maximum atomic E-state index is 4.60. The SMILES string of the molecule is Cc1cccc(CNC(C)c2nc(C)sc2C)c1. The van der Waals surface area contributed by atoms with Crippen LogP contribution >= 0.6 is 11.3 Å². The molecule has 2 nitrogen and oxygen atoms in total. The van der Waals surface area contributed by atoms with E-state index in [1.807, 2.05) is 0 Å². The molecule has 1 aromatic carbocycles. The molecule has 0 amide bonds. The van der Waals surface area contributed by atoms with Crippen molar-refractivity contribution in [1.29, 1.82) is 0 Å². The number of hydrogen-bond acceptors (Lipinski definition) is 3. The first-order valence-corrected chi connectivity index (χ1v) is 7.11. The number of benzene rings is 1. The minimum Gasteiger partial charge on any atom is -0.305 e. The molecule has 0 bridgehead atoms. The molecule has 1 atom stereocenters. The van der Waals surface area contributed by atoms with E-state index in [2.05, 4.69) is 62.3 Å². The van der Waals surface area contributed by atoms with Gasteiger partial charge in [0.05, 0.1) is 10.7 Å². The summed E-state index contributed by atoms with van der Waals surface area (Å²) in [5, 5.41) is 4.69. The molecule has 1 unspecified atom stereocenters. The molecule has 3 heteroatoms. The molecule has 0 aliphatic carbocycles. The summed E-state index contributed by atoms with van der Waals surface area (Å²) >= 11 is 1.77. The maximum Gasteiger partial charge on any atom is 0.0900 e. The molecule has 1 heterocycles. The molecule has 96 valence electrons. The van der Waals surface area contributed by atoms with Crippen LogP contribution in [0.1, 0.15) is 39.7 Å². The van der Waals surface area contributed by atoms with Gasteiger partial charge in [0.1, 0.15) is 0 Å². The normalized spacial score (nSPS) is 12.7. The van der Waals surface area contributed by atoms with Crippen LogP contribution in [-0.2, 0) is 6.54 Å². The van der Waals surface area contributed by atoms with Gasteiger partial charge in [-0.2, -0.15) is 0 Å². The maximum absolute atomic E-state index is 4.60. The van der Waals surface area contributed by atoms with Gasteiger partial charge in [0, 0.05) is 17.5 Å². The Morgan fingerprint density at radius 2 is 2.06 bits per heavy atom. The highest BCUT2D eigenvalue weighted by Gasteiger charge is 2.12. The summed E-state index contributed by atoms with van der Waals surface area (Å²) in [6.45, 7) is 9.40. The van der Waals surface area contributed by atoms with Gasteiger partial charge < -0.3 is 5.32 Å². The van der Waals surface area contributed by atoms with E-state index in [1.54, 1.807) is 11.3 Å². The Kier molecular flexibility index (Phi) is 4.15. The highest BCUT2D eigenvalue weighted by molar-refractivity contribution is 7.11. The number of aromatic nitrogens is 1. The Labute approximate surface area is 113 Å². The summed E-state index contributed by atoms with van der Waals surface area (Å²) in [7, 11) is 0. The summed E-state index contributed by atoms with van der Waals surface area (Å²) in [5.74, 6) is 0.